The molecular weight excluding hydrogens is 152 g/mol. The third-order valence-electron chi connectivity index (χ3n) is 0.767. The smallest absolute Gasteiger partial charge is 0.417 e. The minimum atomic E-state index is -1.07. The molecule has 64 valence electrons. The van der Waals surface area contributed by atoms with Gasteiger partial charge in [0.25, 0.3) is 0 Å². The second kappa shape index (κ2) is 5.67. The van der Waals surface area contributed by atoms with Crippen molar-refractivity contribution in [2.45, 2.75) is 6.92 Å². The molecule has 0 aliphatic rings. The molecule has 5 nitrogen and oxygen atoms in total. The van der Waals surface area contributed by atoms with E-state index in [9.17, 15) is 9.59 Å². The Morgan fingerprint density at radius 1 is 1.27 bits per heavy atom. The number of aliphatic hydroxyl groups is 1. The topological polar surface area (TPSA) is 72.8 Å². The molecule has 0 aliphatic heterocycles. The van der Waals surface area contributed by atoms with Crippen LogP contribution in [0.25, 0.3) is 0 Å². The highest BCUT2D eigenvalue weighted by Gasteiger charge is 2.15. The lowest BCUT2D eigenvalue weighted by molar-refractivity contribution is -0.167. The van der Waals surface area contributed by atoms with Crippen molar-refractivity contribution in [3.05, 3.63) is 0 Å². The number of carbonyl (C=O) groups is 2. The zero-order valence-electron chi connectivity index (χ0n) is 6.20. The molecule has 0 amide bonds. The normalized spacial score (nSPS) is 8.91. The van der Waals surface area contributed by atoms with Crippen LogP contribution in [0.4, 0.5) is 0 Å². The monoisotopic (exact) mass is 162 g/mol. The van der Waals surface area contributed by atoms with E-state index in [0.29, 0.717) is 0 Å². The Morgan fingerprint density at radius 2 is 1.82 bits per heavy atom. The predicted octanol–water partition coefficient (Wildman–Crippen LogP) is -0.915. The Kier molecular flexibility index (Phi) is 5.10. The van der Waals surface area contributed by atoms with Gasteiger partial charge in [-0.2, -0.15) is 0 Å². The number of carbonyl (C=O) groups excluding carboxylic acids is 2. The fourth-order valence-corrected chi connectivity index (χ4v) is 0.387. The van der Waals surface area contributed by atoms with E-state index < -0.39 is 11.9 Å². The summed E-state index contributed by atoms with van der Waals surface area (Å²) in [5, 5.41) is 8.20. The Labute approximate surface area is 63.9 Å². The number of rotatable bonds is 3. The van der Waals surface area contributed by atoms with E-state index in [1.165, 1.54) is 0 Å². The molecule has 0 saturated carbocycles. The number of ether oxygens (including phenoxy) is 2. The van der Waals surface area contributed by atoms with Gasteiger partial charge in [-0.15, -0.1) is 0 Å². The molecule has 0 rings (SSSR count). The number of esters is 2. The van der Waals surface area contributed by atoms with Crippen LogP contribution >= 0.6 is 0 Å². The average molecular weight is 162 g/mol. The van der Waals surface area contributed by atoms with Crippen molar-refractivity contribution in [1.82, 2.24) is 0 Å². The SMILES string of the molecule is CCOC(=O)C(=O)OCCO. The van der Waals surface area contributed by atoms with Gasteiger partial charge in [0.15, 0.2) is 0 Å². The molecule has 0 heterocycles. The van der Waals surface area contributed by atoms with Gasteiger partial charge >= 0.3 is 11.9 Å². The van der Waals surface area contributed by atoms with Gasteiger partial charge in [-0.3, -0.25) is 0 Å². The molecule has 0 atom stereocenters. The molecule has 11 heavy (non-hydrogen) atoms. The summed E-state index contributed by atoms with van der Waals surface area (Å²) in [6, 6.07) is 0. The van der Waals surface area contributed by atoms with E-state index in [1.54, 1.807) is 6.92 Å². The summed E-state index contributed by atoms with van der Waals surface area (Å²) in [7, 11) is 0. The fourth-order valence-electron chi connectivity index (χ4n) is 0.387. The van der Waals surface area contributed by atoms with Crippen LogP contribution in [-0.2, 0) is 19.1 Å². The Bertz CT molecular complexity index is 142. The Hall–Kier alpha value is -1.10. The first kappa shape index (κ1) is 9.90. The Balaban J connectivity index is 3.56. The third kappa shape index (κ3) is 4.32. The summed E-state index contributed by atoms with van der Waals surface area (Å²) >= 11 is 0. The standard InChI is InChI=1S/C6H10O5/c1-2-10-5(8)6(9)11-4-3-7/h7H,2-4H2,1H3. The highest BCUT2D eigenvalue weighted by molar-refractivity contribution is 6.29. The third-order valence-corrected chi connectivity index (χ3v) is 0.767. The van der Waals surface area contributed by atoms with Gasteiger partial charge in [0.1, 0.15) is 6.61 Å². The van der Waals surface area contributed by atoms with E-state index in [4.69, 9.17) is 5.11 Å². The number of hydrogen-bond acceptors (Lipinski definition) is 5. The van der Waals surface area contributed by atoms with E-state index >= 15 is 0 Å². The van der Waals surface area contributed by atoms with Crippen LogP contribution in [0.15, 0.2) is 0 Å². The predicted molar refractivity (Wildman–Crippen MR) is 34.7 cm³/mol. The van der Waals surface area contributed by atoms with Crippen molar-refractivity contribution in [1.29, 1.82) is 0 Å². The molecule has 0 bridgehead atoms. The van der Waals surface area contributed by atoms with Crippen molar-refractivity contribution >= 4 is 11.9 Å². The molecule has 0 saturated heterocycles. The van der Waals surface area contributed by atoms with Crippen molar-refractivity contribution in [3.63, 3.8) is 0 Å². The van der Waals surface area contributed by atoms with Crippen molar-refractivity contribution < 1.29 is 24.2 Å². The van der Waals surface area contributed by atoms with Crippen molar-refractivity contribution in [3.8, 4) is 0 Å². The van der Waals surface area contributed by atoms with Gasteiger partial charge in [0, 0.05) is 0 Å². The van der Waals surface area contributed by atoms with Gasteiger partial charge in [-0.05, 0) is 6.92 Å². The average Bonchev–Trinajstić information content (AvgIpc) is 2.00. The molecule has 5 heteroatoms. The molecule has 0 spiro atoms. The van der Waals surface area contributed by atoms with E-state index in [0.717, 1.165) is 0 Å². The maximum Gasteiger partial charge on any atom is 0.417 e. The second-order valence-electron chi connectivity index (χ2n) is 1.58. The van der Waals surface area contributed by atoms with Gasteiger partial charge in [-0.1, -0.05) is 0 Å². The molecule has 0 radical (unpaired) electrons. The van der Waals surface area contributed by atoms with Gasteiger partial charge < -0.3 is 14.6 Å². The summed E-state index contributed by atoms with van der Waals surface area (Å²) in [5.41, 5.74) is 0. The second-order valence-corrected chi connectivity index (χ2v) is 1.58. The molecule has 0 aliphatic carbocycles. The molecule has 0 aromatic heterocycles. The highest BCUT2D eigenvalue weighted by Crippen LogP contribution is 1.83. The summed E-state index contributed by atoms with van der Waals surface area (Å²) in [6.07, 6.45) is 0. The highest BCUT2D eigenvalue weighted by atomic mass is 16.6. The number of aliphatic hydroxyl groups excluding tert-OH is 1. The minimum Gasteiger partial charge on any atom is -0.458 e. The summed E-state index contributed by atoms with van der Waals surface area (Å²) in [5.74, 6) is -2.10. The first-order valence-corrected chi connectivity index (χ1v) is 3.17. The Morgan fingerprint density at radius 3 is 2.27 bits per heavy atom. The lowest BCUT2D eigenvalue weighted by Crippen LogP contribution is -2.21. The largest absolute Gasteiger partial charge is 0.458 e. The fraction of sp³-hybridized carbons (Fsp3) is 0.667. The van der Waals surface area contributed by atoms with Crippen LogP contribution in [0, 0.1) is 0 Å². The first-order chi connectivity index (χ1) is 5.22. The van der Waals surface area contributed by atoms with E-state index in [1.807, 2.05) is 0 Å². The van der Waals surface area contributed by atoms with Crippen LogP contribution in [0.5, 0.6) is 0 Å². The van der Waals surface area contributed by atoms with E-state index in [2.05, 4.69) is 9.47 Å². The minimum absolute atomic E-state index is 0.132. The lowest BCUT2D eigenvalue weighted by Gasteiger charge is -2.00. The maximum atomic E-state index is 10.5. The molecular formula is C6H10O5. The van der Waals surface area contributed by atoms with Crippen molar-refractivity contribution in [2.75, 3.05) is 19.8 Å². The van der Waals surface area contributed by atoms with E-state index in [-0.39, 0.29) is 19.8 Å². The van der Waals surface area contributed by atoms with Gasteiger partial charge in [-0.25, -0.2) is 9.59 Å². The lowest BCUT2D eigenvalue weighted by atomic mass is 10.6. The molecule has 0 unspecified atom stereocenters. The van der Waals surface area contributed by atoms with Crippen LogP contribution in [0.1, 0.15) is 6.92 Å². The van der Waals surface area contributed by atoms with Crippen LogP contribution < -0.4 is 0 Å². The van der Waals surface area contributed by atoms with Crippen molar-refractivity contribution in [2.24, 2.45) is 0 Å². The van der Waals surface area contributed by atoms with Gasteiger partial charge in [0.05, 0.1) is 13.2 Å². The summed E-state index contributed by atoms with van der Waals surface area (Å²) in [6.45, 7) is 1.23. The zero-order chi connectivity index (χ0) is 8.69. The quantitative estimate of drug-likeness (QED) is 0.429. The van der Waals surface area contributed by atoms with Crippen LogP contribution in [0.3, 0.4) is 0 Å². The maximum absolute atomic E-state index is 10.5. The first-order valence-electron chi connectivity index (χ1n) is 3.17. The molecule has 1 N–H and O–H groups in total. The zero-order valence-corrected chi connectivity index (χ0v) is 6.20. The molecule has 0 aromatic rings. The molecule has 0 aromatic carbocycles. The van der Waals surface area contributed by atoms with Gasteiger partial charge in [0.2, 0.25) is 0 Å². The summed E-state index contributed by atoms with van der Waals surface area (Å²) in [4.78, 5) is 21.0. The van der Waals surface area contributed by atoms with Crippen LogP contribution in [0.2, 0.25) is 0 Å². The van der Waals surface area contributed by atoms with Crippen LogP contribution in [-0.4, -0.2) is 36.9 Å². The summed E-state index contributed by atoms with van der Waals surface area (Å²) < 4.78 is 8.55. The number of hydrogen-bond donors (Lipinski definition) is 1. The molecule has 0 fully saturated rings.